The number of sulfonamides is 1. The van der Waals surface area contributed by atoms with Gasteiger partial charge in [0.05, 0.1) is 11.5 Å². The minimum atomic E-state index is -3.41. The van der Waals surface area contributed by atoms with E-state index in [1.54, 1.807) is 28.6 Å². The zero-order valence-electron chi connectivity index (χ0n) is 12.6. The third kappa shape index (κ3) is 3.96. The van der Waals surface area contributed by atoms with Gasteiger partial charge < -0.3 is 9.84 Å². The molecule has 0 amide bonds. The molecular formula is C15H23NO4S. The molecular weight excluding hydrogens is 290 g/mol. The third-order valence-electron chi connectivity index (χ3n) is 3.68. The van der Waals surface area contributed by atoms with Crippen LogP contribution in [0.1, 0.15) is 26.7 Å². The molecule has 0 aromatic heterocycles. The molecule has 1 aliphatic heterocycles. The van der Waals surface area contributed by atoms with E-state index in [4.69, 9.17) is 9.84 Å². The van der Waals surface area contributed by atoms with E-state index in [2.05, 4.69) is 13.8 Å². The van der Waals surface area contributed by atoms with Crippen LogP contribution < -0.4 is 4.74 Å². The van der Waals surface area contributed by atoms with Gasteiger partial charge in [-0.15, -0.1) is 0 Å². The number of ether oxygens (including phenoxy) is 1. The quantitative estimate of drug-likeness (QED) is 0.814. The molecule has 0 radical (unpaired) electrons. The SMILES string of the molecule is CC1(C)CCN(S(=O)(=O)c2ccc(OCCCO)cc2)C1. The Hall–Kier alpha value is -1.11. The zero-order chi connectivity index (χ0) is 15.5. The summed E-state index contributed by atoms with van der Waals surface area (Å²) in [6.45, 7) is 5.80. The first-order valence-corrected chi connectivity index (χ1v) is 8.63. The molecule has 1 fully saturated rings. The maximum absolute atomic E-state index is 12.5. The molecule has 1 heterocycles. The van der Waals surface area contributed by atoms with Crippen molar-refractivity contribution >= 4 is 10.0 Å². The number of benzene rings is 1. The first-order chi connectivity index (χ1) is 9.85. The number of nitrogens with zero attached hydrogens (tertiary/aromatic N) is 1. The second-order valence-electron chi connectivity index (χ2n) is 6.15. The van der Waals surface area contributed by atoms with Gasteiger partial charge in [0.1, 0.15) is 5.75 Å². The normalized spacial score (nSPS) is 18.8. The molecule has 0 saturated carbocycles. The Morgan fingerprint density at radius 1 is 1.29 bits per heavy atom. The molecule has 0 bridgehead atoms. The van der Waals surface area contributed by atoms with Crippen LogP contribution in [-0.2, 0) is 10.0 Å². The van der Waals surface area contributed by atoms with Crippen LogP contribution in [-0.4, -0.2) is 44.1 Å². The number of hydrogen-bond donors (Lipinski definition) is 1. The molecule has 5 nitrogen and oxygen atoms in total. The fourth-order valence-corrected chi connectivity index (χ4v) is 4.01. The minimum Gasteiger partial charge on any atom is -0.494 e. The first-order valence-electron chi connectivity index (χ1n) is 7.19. The summed E-state index contributed by atoms with van der Waals surface area (Å²) in [5.41, 5.74) is 0.0421. The van der Waals surface area contributed by atoms with E-state index in [0.717, 1.165) is 6.42 Å². The topological polar surface area (TPSA) is 66.8 Å². The molecule has 1 aromatic carbocycles. The van der Waals surface area contributed by atoms with Crippen molar-refractivity contribution in [3.05, 3.63) is 24.3 Å². The van der Waals surface area contributed by atoms with E-state index >= 15 is 0 Å². The van der Waals surface area contributed by atoms with Gasteiger partial charge >= 0.3 is 0 Å². The summed E-state index contributed by atoms with van der Waals surface area (Å²) in [6, 6.07) is 6.47. The second-order valence-corrected chi connectivity index (χ2v) is 8.09. The molecule has 21 heavy (non-hydrogen) atoms. The molecule has 6 heteroatoms. The number of rotatable bonds is 6. The summed E-state index contributed by atoms with van der Waals surface area (Å²) in [4.78, 5) is 0.301. The van der Waals surface area contributed by atoms with Gasteiger partial charge in [-0.2, -0.15) is 4.31 Å². The smallest absolute Gasteiger partial charge is 0.243 e. The lowest BCUT2D eigenvalue weighted by molar-refractivity contribution is 0.233. The van der Waals surface area contributed by atoms with Crippen molar-refractivity contribution in [1.29, 1.82) is 0 Å². The van der Waals surface area contributed by atoms with Crippen molar-refractivity contribution in [2.75, 3.05) is 26.3 Å². The van der Waals surface area contributed by atoms with Gasteiger partial charge in [-0.1, -0.05) is 13.8 Å². The number of aliphatic hydroxyl groups excluding tert-OH is 1. The van der Waals surface area contributed by atoms with Crippen molar-refractivity contribution in [1.82, 2.24) is 4.31 Å². The van der Waals surface area contributed by atoms with Crippen LogP contribution in [0.5, 0.6) is 5.75 Å². The van der Waals surface area contributed by atoms with Gasteiger partial charge in [0.15, 0.2) is 0 Å². The highest BCUT2D eigenvalue weighted by Gasteiger charge is 2.36. The molecule has 0 atom stereocenters. The monoisotopic (exact) mass is 313 g/mol. The largest absolute Gasteiger partial charge is 0.494 e. The molecule has 1 saturated heterocycles. The van der Waals surface area contributed by atoms with Crippen LogP contribution in [0, 0.1) is 5.41 Å². The summed E-state index contributed by atoms with van der Waals surface area (Å²) in [5.74, 6) is 0.615. The molecule has 0 unspecified atom stereocenters. The van der Waals surface area contributed by atoms with Crippen LogP contribution in [0.4, 0.5) is 0 Å². The van der Waals surface area contributed by atoms with Gasteiger partial charge in [0.25, 0.3) is 0 Å². The first kappa shape index (κ1) is 16.3. The third-order valence-corrected chi connectivity index (χ3v) is 5.53. The summed E-state index contributed by atoms with van der Waals surface area (Å²) in [5, 5.41) is 8.69. The van der Waals surface area contributed by atoms with Gasteiger partial charge in [-0.25, -0.2) is 8.42 Å². The van der Waals surface area contributed by atoms with E-state index in [1.165, 1.54) is 0 Å². The Kier molecular flexibility index (Phi) is 4.91. The van der Waals surface area contributed by atoms with Crippen LogP contribution in [0.15, 0.2) is 29.2 Å². The van der Waals surface area contributed by atoms with E-state index in [-0.39, 0.29) is 12.0 Å². The van der Waals surface area contributed by atoms with Crippen LogP contribution in [0.25, 0.3) is 0 Å². The van der Waals surface area contributed by atoms with Crippen molar-refractivity contribution in [3.8, 4) is 5.75 Å². The summed E-state index contributed by atoms with van der Waals surface area (Å²) in [7, 11) is -3.41. The van der Waals surface area contributed by atoms with Gasteiger partial charge in [-0.3, -0.25) is 0 Å². The zero-order valence-corrected chi connectivity index (χ0v) is 13.4. The number of hydrogen-bond acceptors (Lipinski definition) is 4. The average molecular weight is 313 g/mol. The molecule has 2 rings (SSSR count). The summed E-state index contributed by atoms with van der Waals surface area (Å²) < 4.78 is 32.0. The van der Waals surface area contributed by atoms with Crippen molar-refractivity contribution < 1.29 is 18.3 Å². The Bertz CT molecular complexity index is 566. The Labute approximate surface area is 126 Å². The molecule has 0 spiro atoms. The Morgan fingerprint density at radius 3 is 2.48 bits per heavy atom. The Morgan fingerprint density at radius 2 is 1.95 bits per heavy atom. The van der Waals surface area contributed by atoms with E-state index in [0.29, 0.717) is 36.8 Å². The molecule has 1 N–H and O–H groups in total. The lowest BCUT2D eigenvalue weighted by Crippen LogP contribution is -2.30. The Balaban J connectivity index is 2.07. The van der Waals surface area contributed by atoms with Gasteiger partial charge in [-0.05, 0) is 36.1 Å². The maximum atomic E-state index is 12.5. The predicted molar refractivity (Wildman–Crippen MR) is 80.8 cm³/mol. The fraction of sp³-hybridized carbons (Fsp3) is 0.600. The fourth-order valence-electron chi connectivity index (χ4n) is 2.38. The molecule has 1 aromatic rings. The van der Waals surface area contributed by atoms with Crippen molar-refractivity contribution in [2.24, 2.45) is 5.41 Å². The number of aliphatic hydroxyl groups is 1. The molecule has 0 aliphatic carbocycles. The lowest BCUT2D eigenvalue weighted by Gasteiger charge is -2.19. The highest BCUT2D eigenvalue weighted by Crippen LogP contribution is 2.33. The minimum absolute atomic E-state index is 0.0421. The lowest BCUT2D eigenvalue weighted by atomic mass is 9.93. The second kappa shape index (κ2) is 6.34. The van der Waals surface area contributed by atoms with Crippen LogP contribution in [0.2, 0.25) is 0 Å². The van der Waals surface area contributed by atoms with Crippen LogP contribution >= 0.6 is 0 Å². The maximum Gasteiger partial charge on any atom is 0.243 e. The van der Waals surface area contributed by atoms with Gasteiger partial charge in [0.2, 0.25) is 10.0 Å². The van der Waals surface area contributed by atoms with Crippen LogP contribution in [0.3, 0.4) is 0 Å². The predicted octanol–water partition coefficient (Wildman–Crippen LogP) is 1.87. The average Bonchev–Trinajstić information content (AvgIpc) is 2.81. The van der Waals surface area contributed by atoms with Crippen molar-refractivity contribution in [3.63, 3.8) is 0 Å². The van der Waals surface area contributed by atoms with E-state index in [9.17, 15) is 8.42 Å². The molecule has 1 aliphatic rings. The summed E-state index contributed by atoms with van der Waals surface area (Å²) >= 11 is 0. The van der Waals surface area contributed by atoms with Gasteiger partial charge in [0, 0.05) is 26.1 Å². The highest BCUT2D eigenvalue weighted by molar-refractivity contribution is 7.89. The molecule has 118 valence electrons. The summed E-state index contributed by atoms with van der Waals surface area (Å²) in [6.07, 6.45) is 1.44. The standard InChI is InChI=1S/C15H23NO4S/c1-15(2)8-9-16(12-15)21(18,19)14-6-4-13(5-7-14)20-11-3-10-17/h4-7,17H,3,8-12H2,1-2H3. The van der Waals surface area contributed by atoms with E-state index in [1.807, 2.05) is 0 Å². The van der Waals surface area contributed by atoms with E-state index < -0.39 is 10.0 Å². The highest BCUT2D eigenvalue weighted by atomic mass is 32.2. The van der Waals surface area contributed by atoms with Crippen molar-refractivity contribution in [2.45, 2.75) is 31.6 Å².